The Labute approximate surface area is 105 Å². The number of carbonyl (C=O) groups is 1. The lowest BCUT2D eigenvalue weighted by Crippen LogP contribution is -2.38. The van der Waals surface area contributed by atoms with Gasteiger partial charge in [-0.3, -0.25) is 4.79 Å². The van der Waals surface area contributed by atoms with Gasteiger partial charge in [-0.2, -0.15) is 0 Å². The molecule has 1 unspecified atom stereocenters. The summed E-state index contributed by atoms with van der Waals surface area (Å²) in [7, 11) is 1.79. The van der Waals surface area contributed by atoms with E-state index in [1.165, 1.54) is 0 Å². The van der Waals surface area contributed by atoms with Crippen molar-refractivity contribution in [1.29, 1.82) is 0 Å². The third kappa shape index (κ3) is 3.90. The minimum atomic E-state index is 0.0602. The van der Waals surface area contributed by atoms with E-state index in [4.69, 9.17) is 18.0 Å². The smallest absolute Gasteiger partial charge is 0.227 e. The molecule has 0 aliphatic heterocycles. The molecule has 1 aromatic heterocycles. The average Bonchev–Trinajstić information content (AvgIpc) is 2.68. The van der Waals surface area contributed by atoms with E-state index in [9.17, 15) is 4.79 Å². The Balaban J connectivity index is 2.50. The number of nitrogens with zero attached hydrogens (tertiary/aromatic N) is 1. The number of likely N-dealkylation sites (N-methyl/N-ethyl adjacent to an activating group) is 1. The molecule has 0 spiro atoms. The van der Waals surface area contributed by atoms with Crippen molar-refractivity contribution in [2.24, 2.45) is 5.73 Å². The van der Waals surface area contributed by atoms with E-state index in [0.717, 1.165) is 4.88 Å². The van der Waals surface area contributed by atoms with Gasteiger partial charge in [0.2, 0.25) is 5.91 Å². The number of hydrogen-bond donors (Lipinski definition) is 1. The summed E-state index contributed by atoms with van der Waals surface area (Å²) in [5, 5.41) is 1.97. The fraction of sp³-hybridized carbons (Fsp3) is 0.455. The number of hydrogen-bond acceptors (Lipinski definition) is 3. The highest BCUT2D eigenvalue weighted by atomic mass is 32.1. The molecular weight excluding hydrogens is 240 g/mol. The number of rotatable bonds is 5. The second-order valence-electron chi connectivity index (χ2n) is 3.78. The molecule has 0 fully saturated rings. The second-order valence-corrected chi connectivity index (χ2v) is 5.34. The average molecular weight is 256 g/mol. The lowest BCUT2D eigenvalue weighted by atomic mass is 10.2. The van der Waals surface area contributed by atoms with Gasteiger partial charge in [-0.15, -0.1) is 11.3 Å². The van der Waals surface area contributed by atoms with Crippen LogP contribution in [0.3, 0.4) is 0 Å². The molecular formula is C11H16N2OS2. The Morgan fingerprint density at radius 2 is 2.38 bits per heavy atom. The fourth-order valence-electron chi connectivity index (χ4n) is 1.36. The summed E-state index contributed by atoms with van der Waals surface area (Å²) in [6.07, 6.45) is 1.03. The molecule has 1 rings (SSSR count). The molecule has 0 saturated carbocycles. The van der Waals surface area contributed by atoms with E-state index in [1.807, 2.05) is 24.4 Å². The molecule has 5 heteroatoms. The monoisotopic (exact) mass is 256 g/mol. The first-order valence-corrected chi connectivity index (χ1v) is 6.36. The van der Waals surface area contributed by atoms with Gasteiger partial charge in [-0.25, -0.2) is 0 Å². The lowest BCUT2D eigenvalue weighted by Gasteiger charge is -2.24. The van der Waals surface area contributed by atoms with Gasteiger partial charge in [-0.05, 0) is 18.4 Å². The van der Waals surface area contributed by atoms with Crippen molar-refractivity contribution >= 4 is 34.5 Å². The second kappa shape index (κ2) is 5.96. The van der Waals surface area contributed by atoms with Crippen LogP contribution in [0.4, 0.5) is 0 Å². The predicted molar refractivity (Wildman–Crippen MR) is 71.7 cm³/mol. The quantitative estimate of drug-likeness (QED) is 0.817. The van der Waals surface area contributed by atoms with Gasteiger partial charge in [0, 0.05) is 24.4 Å². The molecule has 0 aromatic carbocycles. The Kier molecular flexibility index (Phi) is 4.89. The Hall–Kier alpha value is -0.940. The molecule has 0 bridgehead atoms. The van der Waals surface area contributed by atoms with Crippen molar-refractivity contribution in [3.8, 4) is 0 Å². The van der Waals surface area contributed by atoms with Crippen LogP contribution in [0.2, 0.25) is 0 Å². The normalized spacial score (nSPS) is 12.1. The summed E-state index contributed by atoms with van der Waals surface area (Å²) in [6.45, 7) is 1.95. The van der Waals surface area contributed by atoms with Gasteiger partial charge in [0.25, 0.3) is 0 Å². The van der Waals surface area contributed by atoms with E-state index >= 15 is 0 Å². The number of thiophene rings is 1. The lowest BCUT2D eigenvalue weighted by molar-refractivity contribution is -0.130. The van der Waals surface area contributed by atoms with Crippen LogP contribution >= 0.6 is 23.6 Å². The maximum Gasteiger partial charge on any atom is 0.227 e. The summed E-state index contributed by atoms with van der Waals surface area (Å²) < 4.78 is 0. The van der Waals surface area contributed by atoms with Crippen LogP contribution in [0, 0.1) is 0 Å². The summed E-state index contributed by atoms with van der Waals surface area (Å²) in [5.41, 5.74) is 5.46. The molecule has 1 amide bonds. The minimum Gasteiger partial charge on any atom is -0.393 e. The summed E-state index contributed by atoms with van der Waals surface area (Å²) >= 11 is 6.43. The van der Waals surface area contributed by atoms with E-state index < -0.39 is 0 Å². The summed E-state index contributed by atoms with van der Waals surface area (Å²) in [5.74, 6) is 0.103. The van der Waals surface area contributed by atoms with Crippen LogP contribution in [0.1, 0.15) is 18.2 Å². The topological polar surface area (TPSA) is 46.3 Å². The predicted octanol–water partition coefficient (Wildman–Crippen LogP) is 1.81. The first-order valence-electron chi connectivity index (χ1n) is 5.07. The van der Waals surface area contributed by atoms with Crippen molar-refractivity contribution in [3.63, 3.8) is 0 Å². The van der Waals surface area contributed by atoms with Crippen molar-refractivity contribution in [2.75, 3.05) is 7.05 Å². The zero-order valence-electron chi connectivity index (χ0n) is 9.47. The van der Waals surface area contributed by atoms with E-state index in [0.29, 0.717) is 17.8 Å². The standard InChI is InChI=1S/C11H16N2OS2/c1-8(6-10(12)15)13(2)11(14)7-9-4-3-5-16-9/h3-5,8H,6-7H2,1-2H3,(H2,12,15). The zero-order chi connectivity index (χ0) is 12.1. The van der Waals surface area contributed by atoms with Crippen LogP contribution in [0.25, 0.3) is 0 Å². The molecule has 2 N–H and O–H groups in total. The largest absolute Gasteiger partial charge is 0.393 e. The molecule has 1 heterocycles. The van der Waals surface area contributed by atoms with E-state index in [-0.39, 0.29) is 11.9 Å². The number of nitrogens with two attached hydrogens (primary N) is 1. The molecule has 0 saturated heterocycles. The Morgan fingerprint density at radius 3 is 2.88 bits per heavy atom. The van der Waals surface area contributed by atoms with Crippen molar-refractivity contribution in [1.82, 2.24) is 4.90 Å². The van der Waals surface area contributed by atoms with Gasteiger partial charge in [0.1, 0.15) is 0 Å². The molecule has 0 aliphatic carbocycles. The van der Waals surface area contributed by atoms with Gasteiger partial charge in [0.15, 0.2) is 0 Å². The van der Waals surface area contributed by atoms with E-state index in [2.05, 4.69) is 0 Å². The highest BCUT2D eigenvalue weighted by molar-refractivity contribution is 7.80. The minimum absolute atomic E-state index is 0.0602. The third-order valence-electron chi connectivity index (χ3n) is 2.46. The summed E-state index contributed by atoms with van der Waals surface area (Å²) in [6, 6.07) is 3.98. The Bertz CT molecular complexity index is 362. The van der Waals surface area contributed by atoms with Crippen LogP contribution in [0.5, 0.6) is 0 Å². The molecule has 16 heavy (non-hydrogen) atoms. The van der Waals surface area contributed by atoms with Crippen LogP contribution < -0.4 is 5.73 Å². The molecule has 0 aliphatic rings. The Morgan fingerprint density at radius 1 is 1.69 bits per heavy atom. The molecule has 1 atom stereocenters. The molecule has 0 radical (unpaired) electrons. The highest BCUT2D eigenvalue weighted by Crippen LogP contribution is 2.12. The molecule has 3 nitrogen and oxygen atoms in total. The van der Waals surface area contributed by atoms with Crippen molar-refractivity contribution in [3.05, 3.63) is 22.4 Å². The maximum absolute atomic E-state index is 11.9. The molecule has 1 aromatic rings. The zero-order valence-corrected chi connectivity index (χ0v) is 11.1. The van der Waals surface area contributed by atoms with E-state index in [1.54, 1.807) is 23.3 Å². The van der Waals surface area contributed by atoms with Gasteiger partial charge in [0.05, 0.1) is 11.4 Å². The van der Waals surface area contributed by atoms with Gasteiger partial charge in [-0.1, -0.05) is 18.3 Å². The van der Waals surface area contributed by atoms with Crippen molar-refractivity contribution < 1.29 is 4.79 Å². The van der Waals surface area contributed by atoms with Gasteiger partial charge >= 0.3 is 0 Å². The number of amides is 1. The number of thiocarbonyl (C=S) groups is 1. The van der Waals surface area contributed by atoms with Crippen LogP contribution in [-0.2, 0) is 11.2 Å². The first kappa shape index (κ1) is 13.1. The third-order valence-corrected chi connectivity index (χ3v) is 3.50. The summed E-state index contributed by atoms with van der Waals surface area (Å²) in [4.78, 5) is 15.1. The van der Waals surface area contributed by atoms with Crippen LogP contribution in [-0.4, -0.2) is 28.9 Å². The van der Waals surface area contributed by atoms with Crippen LogP contribution in [0.15, 0.2) is 17.5 Å². The highest BCUT2D eigenvalue weighted by Gasteiger charge is 2.16. The van der Waals surface area contributed by atoms with Crippen molar-refractivity contribution in [2.45, 2.75) is 25.8 Å². The number of carbonyl (C=O) groups excluding carboxylic acids is 1. The maximum atomic E-state index is 11.9. The molecule has 88 valence electrons. The first-order chi connectivity index (χ1) is 7.50. The SMILES string of the molecule is CC(CC(N)=S)N(C)C(=O)Cc1cccs1. The fourth-order valence-corrected chi connectivity index (χ4v) is 2.30. The van der Waals surface area contributed by atoms with Gasteiger partial charge < -0.3 is 10.6 Å².